The van der Waals surface area contributed by atoms with Gasteiger partial charge in [-0.2, -0.15) is 0 Å². The molecule has 0 aliphatic carbocycles. The van der Waals surface area contributed by atoms with Crippen LogP contribution in [0.2, 0.25) is 0 Å². The fraction of sp³-hybridized carbons (Fsp3) is 0.613. The highest BCUT2D eigenvalue weighted by Gasteiger charge is 2.39. The van der Waals surface area contributed by atoms with Gasteiger partial charge in [0.05, 0.1) is 128 Å². The van der Waals surface area contributed by atoms with Gasteiger partial charge in [-0.05, 0) is 131 Å². The molecule has 2 aliphatic heterocycles. The van der Waals surface area contributed by atoms with Crippen molar-refractivity contribution in [2.45, 2.75) is 157 Å². The molecule has 16 heteroatoms. The van der Waals surface area contributed by atoms with E-state index in [9.17, 15) is 19.2 Å². The number of unbranched alkanes of at least 4 members (excludes halogenated alkanes) is 1. The molecule has 0 radical (unpaired) electrons. The van der Waals surface area contributed by atoms with Crippen molar-refractivity contribution in [1.82, 2.24) is 9.80 Å². The fourth-order valence-corrected chi connectivity index (χ4v) is 10.3. The second kappa shape index (κ2) is 28.6. The first-order valence-corrected chi connectivity index (χ1v) is 28.4. The molecule has 4 amide bonds. The summed E-state index contributed by atoms with van der Waals surface area (Å²) in [4.78, 5) is 59.7. The van der Waals surface area contributed by atoms with E-state index < -0.39 is 6.04 Å². The lowest BCUT2D eigenvalue weighted by Gasteiger charge is -2.33. The summed E-state index contributed by atoms with van der Waals surface area (Å²) in [6, 6.07) is 14.5. The van der Waals surface area contributed by atoms with Crippen LogP contribution in [-0.4, -0.2) is 175 Å². The van der Waals surface area contributed by atoms with Crippen LogP contribution in [0.3, 0.4) is 0 Å². The van der Waals surface area contributed by atoms with Crippen LogP contribution < -0.4 is 0 Å². The number of methoxy groups -OCH3 is 1. The van der Waals surface area contributed by atoms with Gasteiger partial charge in [-0.3, -0.25) is 29.0 Å². The minimum Gasteiger partial charge on any atom is -0.382 e. The lowest BCUT2D eigenvalue weighted by Crippen LogP contribution is -2.48. The maximum Gasteiger partial charge on any atom is 0.261 e. The number of nitrogens with zero attached hydrogens (tertiary/aromatic N) is 2. The number of fused-ring (bicyclic) bond motifs is 2. The first kappa shape index (κ1) is 60.9. The number of hydrogen-bond acceptors (Lipinski definition) is 14. The standard InChI is InChI=1S/C62H86N2O14/c1-13-15-16-46(14-2)27-63-59(65)51-21-17-47-49-19-23-53-58-54(24-20-50(56(49)58)48-18-22-52(60(63)66)57(51)55(47)48)62(68)64(61(53)67)37(3)28-71-39(5)30-73-41(7)32-75-43(9)34-77-45(11)36-78-44(10)35-76-42(8)33-74-40(6)31-72-38(4)29-70-26-25-69-12/h17-24,37-46H,13-16,25-36H2,1-12H3. The summed E-state index contributed by atoms with van der Waals surface area (Å²) >= 11 is 0. The van der Waals surface area contributed by atoms with E-state index in [1.165, 1.54) is 9.80 Å². The van der Waals surface area contributed by atoms with Crippen molar-refractivity contribution in [2.75, 3.05) is 86.3 Å². The quantitative estimate of drug-likeness (QED) is 0.0161. The molecular weight excluding hydrogens is 997 g/mol. The van der Waals surface area contributed by atoms with Crippen LogP contribution in [0.5, 0.6) is 0 Å². The van der Waals surface area contributed by atoms with Gasteiger partial charge in [0.25, 0.3) is 23.6 Å². The Hall–Kier alpha value is -4.72. The van der Waals surface area contributed by atoms with Crippen molar-refractivity contribution in [2.24, 2.45) is 5.92 Å². The molecule has 10 unspecified atom stereocenters. The van der Waals surface area contributed by atoms with Crippen LogP contribution in [0.4, 0.5) is 0 Å². The minimum atomic E-state index is -0.568. The molecule has 0 N–H and O–H groups in total. The van der Waals surface area contributed by atoms with Crippen LogP contribution in [0.15, 0.2) is 48.5 Å². The van der Waals surface area contributed by atoms with Gasteiger partial charge in [-0.1, -0.05) is 57.4 Å². The highest BCUT2D eigenvalue weighted by molar-refractivity contribution is 6.41. The predicted molar refractivity (Wildman–Crippen MR) is 302 cm³/mol. The summed E-state index contributed by atoms with van der Waals surface area (Å²) in [7, 11) is 1.65. The van der Waals surface area contributed by atoms with E-state index in [2.05, 4.69) is 13.8 Å². The van der Waals surface area contributed by atoms with Crippen molar-refractivity contribution in [3.63, 3.8) is 0 Å². The smallest absolute Gasteiger partial charge is 0.261 e. The highest BCUT2D eigenvalue weighted by atomic mass is 16.6. The van der Waals surface area contributed by atoms with Gasteiger partial charge >= 0.3 is 0 Å². The summed E-state index contributed by atoms with van der Waals surface area (Å²) < 4.78 is 58.5. The monoisotopic (exact) mass is 1080 g/mol. The third kappa shape index (κ3) is 14.6. The summed E-state index contributed by atoms with van der Waals surface area (Å²) in [6.45, 7) is 26.6. The van der Waals surface area contributed by atoms with E-state index in [-0.39, 0.29) is 91.6 Å². The highest BCUT2D eigenvalue weighted by Crippen LogP contribution is 2.46. The lowest BCUT2D eigenvalue weighted by molar-refractivity contribution is -0.110. The average Bonchev–Trinajstić information content (AvgIpc) is 3.22. The number of benzene rings is 5. The van der Waals surface area contributed by atoms with Crippen molar-refractivity contribution in [3.8, 4) is 0 Å². The summed E-state index contributed by atoms with van der Waals surface area (Å²) in [5.41, 5.74) is 1.93. The maximum atomic E-state index is 14.4. The molecule has 7 rings (SSSR count). The van der Waals surface area contributed by atoms with Crippen molar-refractivity contribution >= 4 is 66.7 Å². The molecule has 0 saturated heterocycles. The number of carbonyl (C=O) groups excluding carboxylic acids is 4. The number of rotatable bonds is 36. The third-order valence-electron chi connectivity index (χ3n) is 14.9. The Morgan fingerprint density at radius 3 is 1.08 bits per heavy atom. The Morgan fingerprint density at radius 1 is 0.410 bits per heavy atom. The number of ether oxygens (including phenoxy) is 10. The van der Waals surface area contributed by atoms with Crippen LogP contribution in [-0.2, 0) is 47.4 Å². The molecule has 2 aliphatic rings. The normalized spacial score (nSPS) is 17.8. The largest absolute Gasteiger partial charge is 0.382 e. The molecule has 78 heavy (non-hydrogen) atoms. The predicted octanol–water partition coefficient (Wildman–Crippen LogP) is 10.4. The molecule has 16 nitrogen and oxygen atoms in total. The third-order valence-corrected chi connectivity index (χ3v) is 14.9. The number of hydrogen-bond donors (Lipinski definition) is 0. The average molecular weight is 1080 g/mol. The Morgan fingerprint density at radius 2 is 0.744 bits per heavy atom. The van der Waals surface area contributed by atoms with Crippen LogP contribution >= 0.6 is 0 Å². The molecule has 0 fully saturated rings. The number of carbonyl (C=O) groups is 4. The number of amides is 4. The van der Waals surface area contributed by atoms with E-state index in [1.54, 1.807) is 19.2 Å². The van der Waals surface area contributed by atoms with Gasteiger partial charge in [-0.25, -0.2) is 0 Å². The van der Waals surface area contributed by atoms with Crippen LogP contribution in [0.1, 0.15) is 143 Å². The van der Waals surface area contributed by atoms with E-state index in [4.69, 9.17) is 47.4 Å². The first-order valence-electron chi connectivity index (χ1n) is 28.4. The molecule has 0 spiro atoms. The zero-order valence-corrected chi connectivity index (χ0v) is 48.3. The molecule has 428 valence electrons. The van der Waals surface area contributed by atoms with E-state index >= 15 is 0 Å². The zero-order chi connectivity index (χ0) is 56.2. The Bertz CT molecular complexity index is 2680. The Balaban J connectivity index is 0.833. The van der Waals surface area contributed by atoms with Gasteiger partial charge in [-0.15, -0.1) is 0 Å². The van der Waals surface area contributed by atoms with E-state index in [1.807, 2.05) is 98.7 Å². The molecule has 0 bridgehead atoms. The first-order chi connectivity index (χ1) is 37.5. The summed E-state index contributed by atoms with van der Waals surface area (Å²) in [6.07, 6.45) is 2.77. The molecule has 0 saturated carbocycles. The van der Waals surface area contributed by atoms with Gasteiger partial charge in [0, 0.05) is 46.7 Å². The minimum absolute atomic E-state index is 0.0317. The Kier molecular flexibility index (Phi) is 22.3. The van der Waals surface area contributed by atoms with Gasteiger partial charge in [0.2, 0.25) is 0 Å². The zero-order valence-electron chi connectivity index (χ0n) is 48.3. The van der Waals surface area contributed by atoms with Gasteiger partial charge in [0.15, 0.2) is 0 Å². The maximum absolute atomic E-state index is 14.4. The molecule has 2 heterocycles. The van der Waals surface area contributed by atoms with Crippen molar-refractivity contribution in [3.05, 3.63) is 70.8 Å². The molecule has 5 aromatic rings. The van der Waals surface area contributed by atoms with Crippen LogP contribution in [0, 0.1) is 5.92 Å². The summed E-state index contributed by atoms with van der Waals surface area (Å²) in [5.74, 6) is -1.05. The SMILES string of the molecule is CCCCC(CC)CN1C(=O)c2ccc3c4ccc5c6c(ccc(c7ccc(c2c37)C1=O)c64)C(=O)N(C(C)COC(C)COC(C)COC(C)COC(C)COC(C)COC(C)COC(C)COC(C)COCCOC)C5=O. The van der Waals surface area contributed by atoms with E-state index in [0.717, 1.165) is 58.0 Å². The molecule has 5 aromatic carbocycles. The molecule has 0 aromatic heterocycles. The fourth-order valence-electron chi connectivity index (χ4n) is 10.3. The lowest BCUT2D eigenvalue weighted by atomic mass is 9.82. The topological polar surface area (TPSA) is 167 Å². The summed E-state index contributed by atoms with van der Waals surface area (Å²) in [5, 5.41) is 6.37. The van der Waals surface area contributed by atoms with Crippen molar-refractivity contribution in [1.29, 1.82) is 0 Å². The molecule has 10 atom stereocenters. The van der Waals surface area contributed by atoms with Gasteiger partial charge < -0.3 is 47.4 Å². The Labute approximate surface area is 461 Å². The van der Waals surface area contributed by atoms with Crippen LogP contribution in [0.25, 0.3) is 43.1 Å². The van der Waals surface area contributed by atoms with E-state index in [0.29, 0.717) is 99.0 Å². The van der Waals surface area contributed by atoms with Gasteiger partial charge in [0.1, 0.15) is 0 Å². The second-order valence-electron chi connectivity index (χ2n) is 21.8. The molecular formula is C62H86N2O14. The second-order valence-corrected chi connectivity index (χ2v) is 21.8. The van der Waals surface area contributed by atoms with Crippen molar-refractivity contribution < 1.29 is 66.5 Å². The number of imide groups is 2.